The number of hydrogen-bond donors (Lipinski definition) is 0. The van der Waals surface area contributed by atoms with Crippen molar-refractivity contribution in [3.63, 3.8) is 0 Å². The first-order valence-corrected chi connectivity index (χ1v) is 10.7. The average molecular weight is 415 g/mol. The summed E-state index contributed by atoms with van der Waals surface area (Å²) in [4.78, 5) is 3.93. The van der Waals surface area contributed by atoms with Crippen molar-refractivity contribution in [3.8, 4) is 0 Å². The van der Waals surface area contributed by atoms with Gasteiger partial charge in [0.1, 0.15) is 0 Å². The molecule has 1 saturated carbocycles. The fourth-order valence-electron chi connectivity index (χ4n) is 3.75. The highest BCUT2D eigenvalue weighted by Crippen LogP contribution is 2.32. The zero-order chi connectivity index (χ0) is 20.4. The lowest BCUT2D eigenvalue weighted by molar-refractivity contribution is -0.137. The molecule has 1 fully saturated rings. The average Bonchev–Trinajstić information content (AvgIpc) is 3.15. The van der Waals surface area contributed by atoms with Crippen LogP contribution in [0.4, 0.5) is 13.2 Å². The van der Waals surface area contributed by atoms with Crippen LogP contribution in [0.1, 0.15) is 31.2 Å². The van der Waals surface area contributed by atoms with Crippen LogP contribution in [-0.4, -0.2) is 35.9 Å². The third-order valence-electron chi connectivity index (χ3n) is 5.40. The summed E-state index contributed by atoms with van der Waals surface area (Å²) in [6, 6.07) is 3.66. The molecule has 0 N–H and O–H groups in total. The van der Waals surface area contributed by atoms with Crippen LogP contribution in [0, 0.1) is 11.8 Å². The van der Waals surface area contributed by atoms with Crippen LogP contribution in [0.25, 0.3) is 0 Å². The molecule has 0 amide bonds. The van der Waals surface area contributed by atoms with Crippen molar-refractivity contribution < 1.29 is 21.6 Å². The Labute approximate surface area is 163 Å². The van der Waals surface area contributed by atoms with Gasteiger partial charge >= 0.3 is 6.18 Å². The molecule has 1 aliphatic rings. The van der Waals surface area contributed by atoms with Crippen molar-refractivity contribution >= 4 is 10.0 Å². The van der Waals surface area contributed by atoms with E-state index in [1.54, 1.807) is 12.5 Å². The van der Waals surface area contributed by atoms with Gasteiger partial charge in [0, 0.05) is 32.5 Å². The summed E-state index contributed by atoms with van der Waals surface area (Å²) in [6.07, 6.45) is 4.94. The van der Waals surface area contributed by atoms with Crippen LogP contribution in [0.5, 0.6) is 0 Å². The molecular formula is C19H24F3N3O2S. The van der Waals surface area contributed by atoms with Gasteiger partial charge in [0.2, 0.25) is 10.0 Å². The van der Waals surface area contributed by atoms with Crippen molar-refractivity contribution in [2.24, 2.45) is 11.8 Å². The zero-order valence-electron chi connectivity index (χ0n) is 15.6. The molecule has 0 bridgehead atoms. The number of alkyl halides is 3. The van der Waals surface area contributed by atoms with Gasteiger partial charge in [-0.1, -0.05) is 0 Å². The van der Waals surface area contributed by atoms with E-state index in [0.29, 0.717) is 12.5 Å². The van der Waals surface area contributed by atoms with Crippen molar-refractivity contribution in [3.05, 3.63) is 48.5 Å². The minimum atomic E-state index is -4.48. The molecule has 1 aliphatic carbocycles. The summed E-state index contributed by atoms with van der Waals surface area (Å²) in [7, 11) is -2.31. The SMILES string of the molecule is CN(CC1CCC(Cn2ccnc2)CC1)S(=O)(=O)c1ccc(C(F)(F)F)cc1. The van der Waals surface area contributed by atoms with Gasteiger partial charge in [-0.25, -0.2) is 17.7 Å². The number of benzene rings is 1. The molecule has 154 valence electrons. The van der Waals surface area contributed by atoms with E-state index in [1.165, 1.54) is 11.4 Å². The number of hydrogen-bond acceptors (Lipinski definition) is 3. The number of sulfonamides is 1. The molecular weight excluding hydrogens is 391 g/mol. The van der Waals surface area contributed by atoms with E-state index in [0.717, 1.165) is 56.5 Å². The summed E-state index contributed by atoms with van der Waals surface area (Å²) < 4.78 is 66.7. The van der Waals surface area contributed by atoms with E-state index in [2.05, 4.69) is 9.55 Å². The number of halogens is 3. The molecule has 0 saturated heterocycles. The number of rotatable bonds is 6. The normalized spacial score (nSPS) is 21.2. The molecule has 9 heteroatoms. The monoisotopic (exact) mass is 415 g/mol. The van der Waals surface area contributed by atoms with E-state index < -0.39 is 21.8 Å². The molecule has 0 radical (unpaired) electrons. The van der Waals surface area contributed by atoms with Crippen LogP contribution in [-0.2, 0) is 22.7 Å². The van der Waals surface area contributed by atoms with Gasteiger partial charge in [0.25, 0.3) is 0 Å². The predicted octanol–water partition coefficient (Wildman–Crippen LogP) is 4.03. The molecule has 1 heterocycles. The minimum absolute atomic E-state index is 0.114. The molecule has 1 aromatic heterocycles. The highest BCUT2D eigenvalue weighted by atomic mass is 32.2. The fourth-order valence-corrected chi connectivity index (χ4v) is 4.99. The lowest BCUT2D eigenvalue weighted by atomic mass is 9.82. The highest BCUT2D eigenvalue weighted by molar-refractivity contribution is 7.89. The number of imidazole rings is 1. The van der Waals surface area contributed by atoms with Crippen molar-refractivity contribution in [1.82, 2.24) is 13.9 Å². The fraction of sp³-hybridized carbons (Fsp3) is 0.526. The summed E-state index contributed by atoms with van der Waals surface area (Å²) in [5.41, 5.74) is -0.856. The third kappa shape index (κ3) is 4.94. The lowest BCUT2D eigenvalue weighted by Crippen LogP contribution is -2.33. The molecule has 5 nitrogen and oxygen atoms in total. The molecule has 0 aliphatic heterocycles. The molecule has 0 spiro atoms. The van der Waals surface area contributed by atoms with Crippen LogP contribution in [0.2, 0.25) is 0 Å². The number of nitrogens with zero attached hydrogens (tertiary/aromatic N) is 3. The molecule has 1 aromatic carbocycles. The minimum Gasteiger partial charge on any atom is -0.337 e. The summed E-state index contributed by atoms with van der Waals surface area (Å²) >= 11 is 0. The van der Waals surface area contributed by atoms with Gasteiger partial charge in [0.15, 0.2) is 0 Å². The van der Waals surface area contributed by atoms with Gasteiger partial charge < -0.3 is 4.57 Å². The van der Waals surface area contributed by atoms with Crippen molar-refractivity contribution in [2.45, 2.75) is 43.3 Å². The first kappa shape index (κ1) is 20.9. The van der Waals surface area contributed by atoms with Gasteiger partial charge in [-0.2, -0.15) is 13.2 Å². The molecule has 0 unspecified atom stereocenters. The first-order chi connectivity index (χ1) is 13.2. The van der Waals surface area contributed by atoms with Crippen LogP contribution in [0.3, 0.4) is 0 Å². The van der Waals surface area contributed by atoms with E-state index in [1.807, 2.05) is 6.20 Å². The Morgan fingerprint density at radius 3 is 2.25 bits per heavy atom. The Hall–Kier alpha value is -1.87. The van der Waals surface area contributed by atoms with E-state index >= 15 is 0 Å². The molecule has 0 atom stereocenters. The predicted molar refractivity (Wildman–Crippen MR) is 98.9 cm³/mol. The first-order valence-electron chi connectivity index (χ1n) is 9.25. The van der Waals surface area contributed by atoms with Crippen LogP contribution < -0.4 is 0 Å². The molecule has 28 heavy (non-hydrogen) atoms. The van der Waals surface area contributed by atoms with Gasteiger partial charge in [-0.3, -0.25) is 0 Å². The topological polar surface area (TPSA) is 55.2 Å². The van der Waals surface area contributed by atoms with E-state index in [9.17, 15) is 21.6 Å². The maximum atomic E-state index is 12.7. The third-order valence-corrected chi connectivity index (χ3v) is 7.24. The standard InChI is InChI=1S/C19H24F3N3O2S/c1-24(28(26,27)18-8-6-17(7-9-18)19(20,21)22)12-15-2-4-16(5-3-15)13-25-11-10-23-14-25/h6-11,14-16H,2-5,12-13H2,1H3. The Bertz CT molecular complexity index is 857. The smallest absolute Gasteiger partial charge is 0.337 e. The van der Waals surface area contributed by atoms with Gasteiger partial charge in [0.05, 0.1) is 16.8 Å². The Morgan fingerprint density at radius 1 is 1.11 bits per heavy atom. The summed E-state index contributed by atoms with van der Waals surface area (Å²) in [5.74, 6) is 0.815. The second kappa shape index (κ2) is 8.24. The summed E-state index contributed by atoms with van der Waals surface area (Å²) in [6.45, 7) is 1.30. The number of aromatic nitrogens is 2. The van der Waals surface area contributed by atoms with Gasteiger partial charge in [-0.05, 0) is 61.8 Å². The molecule has 2 aromatic rings. The highest BCUT2D eigenvalue weighted by Gasteiger charge is 2.32. The van der Waals surface area contributed by atoms with Crippen LogP contribution in [0.15, 0.2) is 47.9 Å². The quantitative estimate of drug-likeness (QED) is 0.716. The Kier molecular flexibility index (Phi) is 6.14. The maximum Gasteiger partial charge on any atom is 0.416 e. The Morgan fingerprint density at radius 2 is 1.71 bits per heavy atom. The second-order valence-corrected chi connectivity index (χ2v) is 9.50. The van der Waals surface area contributed by atoms with E-state index in [4.69, 9.17) is 0 Å². The largest absolute Gasteiger partial charge is 0.416 e. The second-order valence-electron chi connectivity index (χ2n) is 7.45. The molecule has 3 rings (SSSR count). The maximum absolute atomic E-state index is 12.7. The van der Waals surface area contributed by atoms with Gasteiger partial charge in [-0.15, -0.1) is 0 Å². The Balaban J connectivity index is 1.56. The summed E-state index contributed by atoms with van der Waals surface area (Å²) in [5, 5.41) is 0. The van der Waals surface area contributed by atoms with Crippen LogP contribution >= 0.6 is 0 Å². The van der Waals surface area contributed by atoms with Crippen molar-refractivity contribution in [1.29, 1.82) is 0 Å². The van der Waals surface area contributed by atoms with Crippen molar-refractivity contribution in [2.75, 3.05) is 13.6 Å². The lowest BCUT2D eigenvalue weighted by Gasteiger charge is -2.31. The van der Waals surface area contributed by atoms with E-state index in [-0.39, 0.29) is 10.8 Å². The zero-order valence-corrected chi connectivity index (χ0v) is 16.5.